The van der Waals surface area contributed by atoms with E-state index in [1.807, 2.05) is 20.8 Å². The van der Waals surface area contributed by atoms with Gasteiger partial charge in [0, 0.05) is 11.8 Å². The minimum Gasteiger partial charge on any atom is -0.344 e. The number of rotatable bonds is 10. The van der Waals surface area contributed by atoms with Crippen LogP contribution < -0.4 is 10.6 Å². The molecule has 0 fully saturated rings. The average Bonchev–Trinajstić information content (AvgIpc) is 2.95. The smallest absolute Gasteiger partial charge is 0.248 e. The van der Waals surface area contributed by atoms with Gasteiger partial charge < -0.3 is 5.32 Å². The fourth-order valence-electron chi connectivity index (χ4n) is 2.65. The zero-order valence-corrected chi connectivity index (χ0v) is 17.1. The highest BCUT2D eigenvalue weighted by Gasteiger charge is 2.26. The highest BCUT2D eigenvalue weighted by molar-refractivity contribution is 7.15. The summed E-state index contributed by atoms with van der Waals surface area (Å²) in [6, 6.07) is -0.535. The molecule has 0 aromatic carbocycles. The number of hydrogen-bond acceptors (Lipinski definition) is 5. The minimum absolute atomic E-state index is 0.0519. The number of anilines is 1. The van der Waals surface area contributed by atoms with Crippen molar-refractivity contribution in [2.45, 2.75) is 85.1 Å². The van der Waals surface area contributed by atoms with Crippen molar-refractivity contribution in [3.05, 3.63) is 5.01 Å². The molecule has 25 heavy (non-hydrogen) atoms. The molecular weight excluding hydrogens is 336 g/mol. The number of carbonyl (C=O) groups is 2. The van der Waals surface area contributed by atoms with Crippen LogP contribution in [0.5, 0.6) is 0 Å². The third-order valence-corrected chi connectivity index (χ3v) is 5.14. The molecular formula is C18H32N4O2S. The lowest BCUT2D eigenvalue weighted by Crippen LogP contribution is -2.44. The Labute approximate surface area is 155 Å². The zero-order chi connectivity index (χ0) is 19.0. The van der Waals surface area contributed by atoms with Gasteiger partial charge in [-0.3, -0.25) is 14.9 Å². The molecule has 0 aliphatic rings. The van der Waals surface area contributed by atoms with E-state index in [1.165, 1.54) is 11.3 Å². The highest BCUT2D eigenvalue weighted by atomic mass is 32.1. The summed E-state index contributed by atoms with van der Waals surface area (Å²) in [5.74, 6) is -0.0579. The molecule has 0 saturated heterocycles. The summed E-state index contributed by atoms with van der Waals surface area (Å²) in [6.07, 6.45) is 3.91. The number of nitrogens with one attached hydrogen (secondary N) is 2. The fourth-order valence-corrected chi connectivity index (χ4v) is 3.53. The lowest BCUT2D eigenvalue weighted by atomic mass is 9.89. The summed E-state index contributed by atoms with van der Waals surface area (Å²) in [5.41, 5.74) is -0.0519. The average molecular weight is 369 g/mol. The second-order valence-electron chi connectivity index (χ2n) is 7.54. The number of amides is 2. The molecule has 1 unspecified atom stereocenters. The Kier molecular flexibility index (Phi) is 8.48. The van der Waals surface area contributed by atoms with Crippen LogP contribution in [-0.4, -0.2) is 28.1 Å². The van der Waals surface area contributed by atoms with Crippen molar-refractivity contribution in [3.63, 3.8) is 0 Å². The third-order valence-electron chi connectivity index (χ3n) is 3.93. The van der Waals surface area contributed by atoms with E-state index in [-0.39, 0.29) is 23.1 Å². The van der Waals surface area contributed by atoms with Gasteiger partial charge >= 0.3 is 0 Å². The summed E-state index contributed by atoms with van der Waals surface area (Å²) in [6.45, 7) is 12.4. The molecule has 2 amide bonds. The molecule has 1 rings (SSSR count). The molecule has 0 aliphatic carbocycles. The van der Waals surface area contributed by atoms with Gasteiger partial charge in [0.1, 0.15) is 11.0 Å². The Morgan fingerprint density at radius 2 is 1.84 bits per heavy atom. The third kappa shape index (κ3) is 7.10. The van der Waals surface area contributed by atoms with E-state index in [1.54, 1.807) is 0 Å². The number of carbonyl (C=O) groups excluding carboxylic acids is 2. The second-order valence-corrected chi connectivity index (χ2v) is 8.52. The summed E-state index contributed by atoms with van der Waals surface area (Å²) in [7, 11) is 0. The lowest BCUT2D eigenvalue weighted by Gasteiger charge is -2.19. The van der Waals surface area contributed by atoms with Crippen LogP contribution in [0.1, 0.15) is 78.7 Å². The maximum Gasteiger partial charge on any atom is 0.248 e. The molecule has 0 bridgehead atoms. The van der Waals surface area contributed by atoms with Gasteiger partial charge in [-0.1, -0.05) is 65.7 Å². The van der Waals surface area contributed by atoms with Crippen molar-refractivity contribution in [2.75, 3.05) is 5.32 Å². The molecule has 0 aliphatic heterocycles. The molecule has 7 heteroatoms. The quantitative estimate of drug-likeness (QED) is 0.656. The summed E-state index contributed by atoms with van der Waals surface area (Å²) < 4.78 is 0. The summed E-state index contributed by atoms with van der Waals surface area (Å²) in [4.78, 5) is 24.5. The van der Waals surface area contributed by atoms with Crippen molar-refractivity contribution in [3.8, 4) is 0 Å². The van der Waals surface area contributed by atoms with Gasteiger partial charge in [-0.15, -0.1) is 10.2 Å². The zero-order valence-electron chi connectivity index (χ0n) is 16.3. The Balaban J connectivity index is 2.74. The lowest BCUT2D eigenvalue weighted by molar-refractivity contribution is -0.127. The highest BCUT2D eigenvalue weighted by Crippen LogP contribution is 2.32. The molecule has 1 aromatic rings. The molecule has 1 aromatic heterocycles. The van der Waals surface area contributed by atoms with Crippen molar-refractivity contribution < 1.29 is 9.59 Å². The summed E-state index contributed by atoms with van der Waals surface area (Å²) >= 11 is 1.41. The first-order valence-electron chi connectivity index (χ1n) is 9.13. The standard InChI is InChI=1S/C18H32N4O2S/c1-7-9-13(19-14(23)11-12(3)4)15(24)20-17-22-21-16(25-17)18(5,6)10-8-2/h12-13H,7-11H2,1-6H3,(H,19,23)(H,20,22,24). The van der Waals surface area contributed by atoms with E-state index >= 15 is 0 Å². The van der Waals surface area contributed by atoms with E-state index in [0.29, 0.717) is 18.0 Å². The number of hydrogen-bond donors (Lipinski definition) is 2. The van der Waals surface area contributed by atoms with Crippen LogP contribution in [0.25, 0.3) is 0 Å². The number of nitrogens with zero attached hydrogens (tertiary/aromatic N) is 2. The monoisotopic (exact) mass is 368 g/mol. The molecule has 0 saturated carbocycles. The number of aromatic nitrogens is 2. The van der Waals surface area contributed by atoms with Gasteiger partial charge in [0.05, 0.1) is 0 Å². The molecule has 1 heterocycles. The van der Waals surface area contributed by atoms with Crippen LogP contribution in [0.2, 0.25) is 0 Å². The predicted octanol–water partition coefficient (Wildman–Crippen LogP) is 3.89. The van der Waals surface area contributed by atoms with Crippen LogP contribution >= 0.6 is 11.3 Å². The second kappa shape index (κ2) is 9.85. The van der Waals surface area contributed by atoms with E-state index in [9.17, 15) is 9.59 Å². The van der Waals surface area contributed by atoms with Crippen molar-refractivity contribution in [1.29, 1.82) is 0 Å². The van der Waals surface area contributed by atoms with Gasteiger partial charge in [-0.05, 0) is 18.8 Å². The topological polar surface area (TPSA) is 84.0 Å². The van der Waals surface area contributed by atoms with Crippen LogP contribution in [0.4, 0.5) is 5.13 Å². The summed E-state index contributed by atoms with van der Waals surface area (Å²) in [5, 5.41) is 15.4. The first-order valence-corrected chi connectivity index (χ1v) is 9.95. The van der Waals surface area contributed by atoms with Crippen LogP contribution in [-0.2, 0) is 15.0 Å². The first-order chi connectivity index (χ1) is 11.7. The van der Waals surface area contributed by atoms with Gasteiger partial charge in [0.25, 0.3) is 0 Å². The van der Waals surface area contributed by atoms with Crippen molar-refractivity contribution in [1.82, 2.24) is 15.5 Å². The maximum atomic E-state index is 12.5. The van der Waals surface area contributed by atoms with Crippen LogP contribution in [0, 0.1) is 5.92 Å². The normalized spacial score (nSPS) is 12.9. The predicted molar refractivity (Wildman–Crippen MR) is 103 cm³/mol. The minimum atomic E-state index is -0.535. The van der Waals surface area contributed by atoms with Crippen molar-refractivity contribution in [2.24, 2.45) is 5.92 Å². The molecule has 0 spiro atoms. The Morgan fingerprint density at radius 3 is 2.40 bits per heavy atom. The SMILES string of the molecule is CCCC(NC(=O)CC(C)C)C(=O)Nc1nnc(C(C)(C)CCC)s1. The van der Waals surface area contributed by atoms with E-state index in [0.717, 1.165) is 24.3 Å². The molecule has 142 valence electrons. The van der Waals surface area contributed by atoms with Gasteiger partial charge in [0.2, 0.25) is 16.9 Å². The molecule has 6 nitrogen and oxygen atoms in total. The van der Waals surface area contributed by atoms with E-state index < -0.39 is 6.04 Å². The molecule has 0 radical (unpaired) electrons. The van der Waals surface area contributed by atoms with E-state index in [2.05, 4.69) is 41.6 Å². The fraction of sp³-hybridized carbons (Fsp3) is 0.778. The Bertz CT molecular complexity index is 569. The Morgan fingerprint density at radius 1 is 1.16 bits per heavy atom. The largest absolute Gasteiger partial charge is 0.344 e. The van der Waals surface area contributed by atoms with Crippen LogP contribution in [0.15, 0.2) is 0 Å². The van der Waals surface area contributed by atoms with Gasteiger partial charge in [-0.2, -0.15) is 0 Å². The Hall–Kier alpha value is -1.50. The van der Waals surface area contributed by atoms with E-state index in [4.69, 9.17) is 0 Å². The maximum absolute atomic E-state index is 12.5. The van der Waals surface area contributed by atoms with Crippen molar-refractivity contribution >= 4 is 28.3 Å². The molecule has 1 atom stereocenters. The van der Waals surface area contributed by atoms with Gasteiger partial charge in [-0.25, -0.2) is 0 Å². The molecule has 2 N–H and O–H groups in total. The van der Waals surface area contributed by atoms with Crippen LogP contribution in [0.3, 0.4) is 0 Å². The van der Waals surface area contributed by atoms with Gasteiger partial charge in [0.15, 0.2) is 0 Å². The first kappa shape index (κ1) is 21.5.